The number of hydrogen-bond donors (Lipinski definition) is 1. The van der Waals surface area contributed by atoms with Gasteiger partial charge in [-0.25, -0.2) is 0 Å². The minimum atomic E-state index is -0.332. The molecule has 2 nitrogen and oxygen atoms in total. The van der Waals surface area contributed by atoms with Crippen molar-refractivity contribution in [3.63, 3.8) is 0 Å². The first-order valence-corrected chi connectivity index (χ1v) is 4.95. The lowest BCUT2D eigenvalue weighted by molar-refractivity contribution is 0.166. The summed E-state index contributed by atoms with van der Waals surface area (Å²) in [6.07, 6.45) is 4.59. The van der Waals surface area contributed by atoms with Crippen molar-refractivity contribution in [2.75, 3.05) is 0 Å². The molecule has 1 aliphatic rings. The number of allylic oxidation sites excluding steroid dienone is 1. The molecule has 15 heavy (non-hydrogen) atoms. The SMILES string of the molecule is [2H]C(CC1C=C(O)C=CO1)c1ccccc1. The first-order chi connectivity index (χ1) is 7.75. The molecule has 0 fully saturated rings. The quantitative estimate of drug-likeness (QED) is 0.818. The van der Waals surface area contributed by atoms with Gasteiger partial charge in [0.15, 0.2) is 0 Å². The Hall–Kier alpha value is -1.70. The fourth-order valence-electron chi connectivity index (χ4n) is 1.46. The normalized spacial score (nSPS) is 22.5. The Labute approximate surface area is 90.9 Å². The molecule has 0 amide bonds. The molecule has 1 N–H and O–H groups in total. The van der Waals surface area contributed by atoms with Crippen LogP contribution in [0.15, 0.2) is 54.5 Å². The van der Waals surface area contributed by atoms with Crippen LogP contribution in [-0.4, -0.2) is 11.2 Å². The highest BCUT2D eigenvalue weighted by Gasteiger charge is 2.09. The Balaban J connectivity index is 1.98. The summed E-state index contributed by atoms with van der Waals surface area (Å²) in [6, 6.07) is 9.64. The van der Waals surface area contributed by atoms with Gasteiger partial charge in [-0.2, -0.15) is 0 Å². The highest BCUT2D eigenvalue weighted by atomic mass is 16.5. The van der Waals surface area contributed by atoms with Gasteiger partial charge < -0.3 is 9.84 Å². The van der Waals surface area contributed by atoms with Crippen molar-refractivity contribution >= 4 is 0 Å². The van der Waals surface area contributed by atoms with Gasteiger partial charge in [-0.3, -0.25) is 0 Å². The highest BCUT2D eigenvalue weighted by molar-refractivity contribution is 5.17. The Bertz CT molecular complexity index is 398. The fraction of sp³-hybridized carbons (Fsp3) is 0.231. The summed E-state index contributed by atoms with van der Waals surface area (Å²) < 4.78 is 13.3. The summed E-state index contributed by atoms with van der Waals surface area (Å²) >= 11 is 0. The summed E-state index contributed by atoms with van der Waals surface area (Å²) in [5.41, 5.74) is 0.966. The predicted octanol–water partition coefficient (Wildman–Crippen LogP) is 2.97. The van der Waals surface area contributed by atoms with Crippen LogP contribution in [0.5, 0.6) is 0 Å². The van der Waals surface area contributed by atoms with Crippen molar-refractivity contribution in [3.05, 3.63) is 60.1 Å². The molecular weight excluding hydrogens is 188 g/mol. The smallest absolute Gasteiger partial charge is 0.120 e. The number of aliphatic hydroxyl groups is 1. The summed E-state index contributed by atoms with van der Waals surface area (Å²) in [6.45, 7) is 0. The summed E-state index contributed by atoms with van der Waals surface area (Å²) in [5, 5.41) is 9.30. The van der Waals surface area contributed by atoms with Crippen LogP contribution >= 0.6 is 0 Å². The van der Waals surface area contributed by atoms with Crippen molar-refractivity contribution < 1.29 is 11.2 Å². The summed E-state index contributed by atoms with van der Waals surface area (Å²) in [5.74, 6) is 0.205. The average Bonchev–Trinajstić information content (AvgIpc) is 2.30. The van der Waals surface area contributed by atoms with Gasteiger partial charge in [0.05, 0.1) is 6.26 Å². The molecule has 2 rings (SSSR count). The molecule has 0 bridgehead atoms. The Morgan fingerprint density at radius 1 is 1.33 bits per heavy atom. The number of ether oxygens (including phenoxy) is 1. The molecule has 1 aromatic rings. The van der Waals surface area contributed by atoms with E-state index in [1.807, 2.05) is 30.3 Å². The van der Waals surface area contributed by atoms with Crippen LogP contribution in [0.1, 0.15) is 13.4 Å². The van der Waals surface area contributed by atoms with Gasteiger partial charge in [-0.05, 0) is 24.5 Å². The third-order valence-electron chi connectivity index (χ3n) is 2.23. The zero-order chi connectivity index (χ0) is 11.4. The largest absolute Gasteiger partial charge is 0.508 e. The van der Waals surface area contributed by atoms with E-state index in [4.69, 9.17) is 6.11 Å². The van der Waals surface area contributed by atoms with E-state index in [1.165, 1.54) is 12.3 Å². The molecule has 78 valence electrons. The minimum Gasteiger partial charge on any atom is -0.508 e. The standard InChI is InChI=1S/C13H14O2/c14-12-8-9-15-13(10-12)7-6-11-4-2-1-3-5-11/h1-5,8-10,13-14H,6-7H2/i6D. The lowest BCUT2D eigenvalue weighted by atomic mass is 10.1. The monoisotopic (exact) mass is 203 g/mol. The van der Waals surface area contributed by atoms with Gasteiger partial charge in [0.1, 0.15) is 11.9 Å². The first-order valence-electron chi connectivity index (χ1n) is 5.53. The molecule has 0 radical (unpaired) electrons. The number of aliphatic hydroxyl groups excluding tert-OH is 1. The zero-order valence-corrected chi connectivity index (χ0v) is 8.34. The van der Waals surface area contributed by atoms with Gasteiger partial charge in [-0.15, -0.1) is 0 Å². The summed E-state index contributed by atoms with van der Waals surface area (Å²) in [4.78, 5) is 0. The molecule has 1 aromatic carbocycles. The molecule has 2 atom stereocenters. The van der Waals surface area contributed by atoms with E-state index >= 15 is 0 Å². The summed E-state index contributed by atoms with van der Waals surface area (Å²) in [7, 11) is 0. The van der Waals surface area contributed by atoms with Crippen molar-refractivity contribution in [2.24, 2.45) is 0 Å². The second-order valence-electron chi connectivity index (χ2n) is 3.42. The van der Waals surface area contributed by atoms with E-state index in [0.29, 0.717) is 6.42 Å². The molecule has 1 aliphatic heterocycles. The van der Waals surface area contributed by atoms with Crippen molar-refractivity contribution in [1.82, 2.24) is 0 Å². The molecule has 0 aromatic heterocycles. The maximum atomic E-state index is 9.30. The molecule has 1 heterocycles. The van der Waals surface area contributed by atoms with Crippen LogP contribution < -0.4 is 0 Å². The van der Waals surface area contributed by atoms with Crippen LogP contribution in [-0.2, 0) is 11.1 Å². The molecule has 0 spiro atoms. The van der Waals surface area contributed by atoms with Crippen LogP contribution in [0.4, 0.5) is 0 Å². The number of aryl methyl sites for hydroxylation is 1. The van der Waals surface area contributed by atoms with Crippen molar-refractivity contribution in [3.8, 4) is 0 Å². The lowest BCUT2D eigenvalue weighted by Gasteiger charge is -2.15. The number of hydrogen-bond acceptors (Lipinski definition) is 2. The van der Waals surface area contributed by atoms with E-state index in [0.717, 1.165) is 5.56 Å². The second kappa shape index (κ2) is 4.69. The molecule has 0 saturated carbocycles. The Morgan fingerprint density at radius 2 is 2.13 bits per heavy atom. The molecule has 2 heteroatoms. The van der Waals surface area contributed by atoms with E-state index < -0.39 is 0 Å². The number of rotatable bonds is 3. The van der Waals surface area contributed by atoms with Crippen molar-refractivity contribution in [1.29, 1.82) is 0 Å². The topological polar surface area (TPSA) is 29.5 Å². The molecule has 0 aliphatic carbocycles. The first kappa shape index (κ1) is 8.60. The third-order valence-corrected chi connectivity index (χ3v) is 2.23. The van der Waals surface area contributed by atoms with E-state index in [1.54, 1.807) is 6.08 Å². The maximum absolute atomic E-state index is 9.30. The molecular formula is C13H14O2. The van der Waals surface area contributed by atoms with Crippen LogP contribution in [0.3, 0.4) is 0 Å². The number of benzene rings is 1. The van der Waals surface area contributed by atoms with Gasteiger partial charge >= 0.3 is 0 Å². The van der Waals surface area contributed by atoms with Crippen LogP contribution in [0.2, 0.25) is 0 Å². The maximum Gasteiger partial charge on any atom is 0.120 e. The van der Waals surface area contributed by atoms with Gasteiger partial charge in [0.25, 0.3) is 0 Å². The van der Waals surface area contributed by atoms with E-state index in [2.05, 4.69) is 0 Å². The molecule has 0 saturated heterocycles. The highest BCUT2D eigenvalue weighted by Crippen LogP contribution is 2.13. The second-order valence-corrected chi connectivity index (χ2v) is 3.42. The fourth-order valence-corrected chi connectivity index (χ4v) is 1.46. The average molecular weight is 203 g/mol. The molecule has 2 unspecified atom stereocenters. The Morgan fingerprint density at radius 3 is 2.87 bits per heavy atom. The zero-order valence-electron chi connectivity index (χ0n) is 9.34. The van der Waals surface area contributed by atoms with Gasteiger partial charge in [0.2, 0.25) is 0 Å². The van der Waals surface area contributed by atoms with Gasteiger partial charge in [-0.1, -0.05) is 30.3 Å². The lowest BCUT2D eigenvalue weighted by Crippen LogP contribution is -2.11. The van der Waals surface area contributed by atoms with Crippen LogP contribution in [0.25, 0.3) is 0 Å². The van der Waals surface area contributed by atoms with Crippen molar-refractivity contribution in [2.45, 2.75) is 18.9 Å². The minimum absolute atomic E-state index is 0.205. The van der Waals surface area contributed by atoms with E-state index in [9.17, 15) is 5.11 Å². The van der Waals surface area contributed by atoms with E-state index in [-0.39, 0.29) is 18.3 Å². The van der Waals surface area contributed by atoms with Gasteiger partial charge in [0, 0.05) is 7.45 Å². The predicted molar refractivity (Wildman–Crippen MR) is 59.5 cm³/mol. The third kappa shape index (κ3) is 2.88. The van der Waals surface area contributed by atoms with Crippen LogP contribution in [0, 0.1) is 0 Å². The Kier molecular flexibility index (Phi) is 2.69.